The number of fused-ring (bicyclic) bond motifs is 1. The van der Waals surface area contributed by atoms with E-state index in [2.05, 4.69) is 38.3 Å². The predicted octanol–water partition coefficient (Wildman–Crippen LogP) is 4.53. The average Bonchev–Trinajstić information content (AvgIpc) is 2.86. The van der Waals surface area contributed by atoms with Gasteiger partial charge in [0.15, 0.2) is 5.78 Å². The lowest BCUT2D eigenvalue weighted by Gasteiger charge is -2.32. The molecular formula is C18H27NO. The van der Waals surface area contributed by atoms with Gasteiger partial charge >= 0.3 is 0 Å². The largest absolute Gasteiger partial charge is 0.348 e. The Kier molecular flexibility index (Phi) is 3.11. The highest BCUT2D eigenvalue weighted by molar-refractivity contribution is 5.99. The van der Waals surface area contributed by atoms with E-state index in [1.807, 2.05) is 0 Å². The van der Waals surface area contributed by atoms with Gasteiger partial charge in [0.25, 0.3) is 0 Å². The number of hydrogen-bond donors (Lipinski definition) is 0. The Labute approximate surface area is 122 Å². The van der Waals surface area contributed by atoms with Gasteiger partial charge in [-0.15, -0.1) is 0 Å². The monoisotopic (exact) mass is 273 g/mol. The fraction of sp³-hybridized carbons (Fsp3) is 0.722. The van der Waals surface area contributed by atoms with Gasteiger partial charge in [0.05, 0.1) is 0 Å². The van der Waals surface area contributed by atoms with Crippen LogP contribution in [0.5, 0.6) is 0 Å². The van der Waals surface area contributed by atoms with Gasteiger partial charge in [0.1, 0.15) is 0 Å². The number of aromatic nitrogens is 1. The van der Waals surface area contributed by atoms with Crippen molar-refractivity contribution < 1.29 is 4.79 Å². The van der Waals surface area contributed by atoms with Gasteiger partial charge in [-0.25, -0.2) is 0 Å². The van der Waals surface area contributed by atoms with Crippen LogP contribution >= 0.6 is 0 Å². The minimum atomic E-state index is 0.114. The number of nitrogens with zero attached hydrogens (tertiary/aromatic N) is 1. The quantitative estimate of drug-likeness (QED) is 0.776. The van der Waals surface area contributed by atoms with Gasteiger partial charge in [-0.05, 0) is 43.1 Å². The third-order valence-electron chi connectivity index (χ3n) is 5.35. The molecule has 0 aromatic carbocycles. The summed E-state index contributed by atoms with van der Waals surface area (Å²) >= 11 is 0. The number of hydrogen-bond acceptors (Lipinski definition) is 1. The summed E-state index contributed by atoms with van der Waals surface area (Å²) < 4.78 is 2.46. The molecule has 0 bridgehead atoms. The first kappa shape index (κ1) is 13.9. The molecule has 0 saturated heterocycles. The van der Waals surface area contributed by atoms with E-state index in [4.69, 9.17) is 0 Å². The zero-order chi connectivity index (χ0) is 14.5. The van der Waals surface area contributed by atoms with Gasteiger partial charge in [-0.2, -0.15) is 0 Å². The Hall–Kier alpha value is -1.05. The van der Waals surface area contributed by atoms with Crippen LogP contribution in [0, 0.1) is 17.8 Å². The van der Waals surface area contributed by atoms with E-state index < -0.39 is 0 Å². The highest BCUT2D eigenvalue weighted by atomic mass is 16.1. The molecule has 0 unspecified atom stereocenters. The fourth-order valence-corrected chi connectivity index (χ4v) is 4.19. The van der Waals surface area contributed by atoms with Crippen LogP contribution in [0.1, 0.15) is 74.6 Å². The SMILES string of the molecule is Cc1cc2c(n1CC1(C)CCCC1)CC(C)(C)CC2=O. The summed E-state index contributed by atoms with van der Waals surface area (Å²) in [5.41, 5.74) is 4.13. The van der Waals surface area contributed by atoms with E-state index in [1.54, 1.807) is 0 Å². The highest BCUT2D eigenvalue weighted by Gasteiger charge is 2.36. The zero-order valence-corrected chi connectivity index (χ0v) is 13.4. The number of carbonyl (C=O) groups is 1. The van der Waals surface area contributed by atoms with Crippen LogP contribution in [0.25, 0.3) is 0 Å². The molecule has 1 saturated carbocycles. The second kappa shape index (κ2) is 4.47. The molecule has 110 valence electrons. The average molecular weight is 273 g/mol. The van der Waals surface area contributed by atoms with Crippen LogP contribution in [0.4, 0.5) is 0 Å². The molecular weight excluding hydrogens is 246 g/mol. The molecule has 0 radical (unpaired) electrons. The number of Topliss-reactive ketones (excluding diaryl/α,β-unsaturated/α-hetero) is 1. The molecule has 2 nitrogen and oxygen atoms in total. The van der Waals surface area contributed by atoms with Crippen molar-refractivity contribution in [3.8, 4) is 0 Å². The Morgan fingerprint density at radius 2 is 1.80 bits per heavy atom. The lowest BCUT2D eigenvalue weighted by atomic mass is 9.76. The third kappa shape index (κ3) is 2.34. The molecule has 1 aromatic heterocycles. The zero-order valence-electron chi connectivity index (χ0n) is 13.4. The van der Waals surface area contributed by atoms with Crippen molar-refractivity contribution in [3.05, 3.63) is 23.0 Å². The van der Waals surface area contributed by atoms with Gasteiger partial charge < -0.3 is 4.57 Å². The molecule has 0 spiro atoms. The normalized spacial score (nSPS) is 23.9. The first-order chi connectivity index (χ1) is 9.30. The van der Waals surface area contributed by atoms with Crippen molar-refractivity contribution in [3.63, 3.8) is 0 Å². The Morgan fingerprint density at radius 1 is 1.15 bits per heavy atom. The van der Waals surface area contributed by atoms with Gasteiger partial charge in [-0.1, -0.05) is 33.6 Å². The maximum Gasteiger partial charge on any atom is 0.165 e. The molecule has 1 fully saturated rings. The summed E-state index contributed by atoms with van der Waals surface area (Å²) in [6.07, 6.45) is 7.12. The number of rotatable bonds is 2. The molecule has 0 atom stereocenters. The van der Waals surface area contributed by atoms with Crippen LogP contribution in [0.3, 0.4) is 0 Å². The molecule has 3 rings (SSSR count). The van der Waals surface area contributed by atoms with Gasteiger partial charge in [0, 0.05) is 29.9 Å². The van der Waals surface area contributed by atoms with Crippen molar-refractivity contribution in [2.75, 3.05) is 0 Å². The summed E-state index contributed by atoms with van der Waals surface area (Å²) in [6.45, 7) is 10.1. The van der Waals surface area contributed by atoms with Gasteiger partial charge in [-0.3, -0.25) is 4.79 Å². The minimum absolute atomic E-state index is 0.114. The predicted molar refractivity (Wildman–Crippen MR) is 82.2 cm³/mol. The van der Waals surface area contributed by atoms with E-state index >= 15 is 0 Å². The smallest absolute Gasteiger partial charge is 0.165 e. The molecule has 2 aliphatic carbocycles. The van der Waals surface area contributed by atoms with E-state index in [0.29, 0.717) is 17.6 Å². The van der Waals surface area contributed by atoms with Gasteiger partial charge in [0.2, 0.25) is 0 Å². The lowest BCUT2D eigenvalue weighted by Crippen LogP contribution is -2.30. The van der Waals surface area contributed by atoms with Crippen LogP contribution in [-0.4, -0.2) is 10.4 Å². The van der Waals surface area contributed by atoms with E-state index in [0.717, 1.165) is 18.5 Å². The summed E-state index contributed by atoms with van der Waals surface area (Å²) in [7, 11) is 0. The second-order valence-electron chi connectivity index (χ2n) is 8.19. The van der Waals surface area contributed by atoms with Crippen molar-refractivity contribution in [1.82, 2.24) is 4.57 Å². The lowest BCUT2D eigenvalue weighted by molar-refractivity contribution is 0.0908. The van der Waals surface area contributed by atoms with Crippen LogP contribution in [0.15, 0.2) is 6.07 Å². The topological polar surface area (TPSA) is 22.0 Å². The maximum atomic E-state index is 12.4. The molecule has 20 heavy (non-hydrogen) atoms. The number of aryl methyl sites for hydroxylation is 1. The molecule has 0 N–H and O–H groups in total. The van der Waals surface area contributed by atoms with E-state index in [-0.39, 0.29) is 5.41 Å². The Morgan fingerprint density at radius 3 is 2.45 bits per heavy atom. The Balaban J connectivity index is 1.98. The summed E-state index contributed by atoms with van der Waals surface area (Å²) in [4.78, 5) is 12.4. The molecule has 0 amide bonds. The standard InChI is InChI=1S/C18H27NO/c1-13-9-14-15(10-17(2,3)11-16(14)20)19(13)12-18(4)7-5-6-8-18/h9H,5-8,10-12H2,1-4H3. The fourth-order valence-electron chi connectivity index (χ4n) is 4.19. The van der Waals surface area contributed by atoms with E-state index in [1.165, 1.54) is 37.1 Å². The maximum absolute atomic E-state index is 12.4. The minimum Gasteiger partial charge on any atom is -0.348 e. The second-order valence-corrected chi connectivity index (χ2v) is 8.19. The summed E-state index contributed by atoms with van der Waals surface area (Å²) in [5, 5.41) is 0. The molecule has 2 heteroatoms. The number of carbonyl (C=O) groups excluding carboxylic acids is 1. The van der Waals surface area contributed by atoms with Crippen LogP contribution in [-0.2, 0) is 13.0 Å². The first-order valence-electron chi connectivity index (χ1n) is 8.02. The molecule has 1 heterocycles. The van der Waals surface area contributed by atoms with Crippen molar-refractivity contribution in [2.45, 2.75) is 72.8 Å². The third-order valence-corrected chi connectivity index (χ3v) is 5.35. The van der Waals surface area contributed by atoms with Crippen LogP contribution < -0.4 is 0 Å². The highest BCUT2D eigenvalue weighted by Crippen LogP contribution is 2.42. The summed E-state index contributed by atoms with van der Waals surface area (Å²) in [6, 6.07) is 2.13. The Bertz CT molecular complexity index is 544. The summed E-state index contributed by atoms with van der Waals surface area (Å²) in [5.74, 6) is 0.342. The van der Waals surface area contributed by atoms with Crippen LogP contribution in [0.2, 0.25) is 0 Å². The van der Waals surface area contributed by atoms with E-state index in [9.17, 15) is 4.79 Å². The first-order valence-corrected chi connectivity index (χ1v) is 8.02. The number of ketones is 1. The van der Waals surface area contributed by atoms with Crippen molar-refractivity contribution in [1.29, 1.82) is 0 Å². The molecule has 2 aliphatic rings. The van der Waals surface area contributed by atoms with Crippen molar-refractivity contribution in [2.24, 2.45) is 10.8 Å². The van der Waals surface area contributed by atoms with Crippen molar-refractivity contribution >= 4 is 5.78 Å². The molecule has 1 aromatic rings. The molecule has 0 aliphatic heterocycles.